The molecule has 1 aliphatic rings. The lowest BCUT2D eigenvalue weighted by atomic mass is 10.0. The molecule has 0 saturated carbocycles. The number of Topliss-reactive ketones (excluding diaryl/α,β-unsaturated/α-hetero) is 1. The van der Waals surface area contributed by atoms with Gasteiger partial charge in [0.25, 0.3) is 0 Å². The van der Waals surface area contributed by atoms with E-state index in [4.69, 9.17) is 9.47 Å². The molecule has 0 saturated heterocycles. The monoisotopic (exact) mass is 206 g/mol. The van der Waals surface area contributed by atoms with E-state index < -0.39 is 0 Å². The van der Waals surface area contributed by atoms with Crippen molar-refractivity contribution in [1.82, 2.24) is 0 Å². The summed E-state index contributed by atoms with van der Waals surface area (Å²) in [4.78, 5) is 11.1. The topological polar surface area (TPSA) is 35.5 Å². The molecule has 1 aromatic rings. The summed E-state index contributed by atoms with van der Waals surface area (Å²) in [5.74, 6) is 1.64. The van der Waals surface area contributed by atoms with Crippen LogP contribution in [0.1, 0.15) is 18.1 Å². The molecule has 3 nitrogen and oxygen atoms in total. The summed E-state index contributed by atoms with van der Waals surface area (Å²) >= 11 is 0. The fourth-order valence-electron chi connectivity index (χ4n) is 1.78. The highest BCUT2D eigenvalue weighted by molar-refractivity contribution is 5.79. The van der Waals surface area contributed by atoms with Gasteiger partial charge in [-0.05, 0) is 25.5 Å². The van der Waals surface area contributed by atoms with E-state index in [1.54, 1.807) is 6.92 Å². The Labute approximate surface area is 89.0 Å². The van der Waals surface area contributed by atoms with Gasteiger partial charge in [0.2, 0.25) is 0 Å². The van der Waals surface area contributed by atoms with Crippen LogP contribution in [-0.2, 0) is 11.2 Å². The molecule has 3 heteroatoms. The zero-order chi connectivity index (χ0) is 10.8. The summed E-state index contributed by atoms with van der Waals surface area (Å²) < 4.78 is 11.0. The number of benzene rings is 1. The quantitative estimate of drug-likeness (QED) is 0.741. The number of ether oxygens (including phenoxy) is 2. The third kappa shape index (κ3) is 2.12. The molecule has 2 rings (SSSR count). The summed E-state index contributed by atoms with van der Waals surface area (Å²) in [5.41, 5.74) is 2.02. The van der Waals surface area contributed by atoms with Crippen LogP contribution in [0.25, 0.3) is 0 Å². The Kier molecular flexibility index (Phi) is 2.62. The van der Waals surface area contributed by atoms with Gasteiger partial charge in [-0.1, -0.05) is 6.07 Å². The highest BCUT2D eigenvalue weighted by Gasteiger charge is 2.17. The molecule has 1 heterocycles. The molecule has 80 valence electrons. The van der Waals surface area contributed by atoms with Crippen LogP contribution in [0, 0.1) is 6.92 Å². The number of carbonyl (C=O) groups is 1. The molecule has 0 unspecified atom stereocenters. The van der Waals surface area contributed by atoms with Gasteiger partial charge in [0.05, 0.1) is 0 Å². The summed E-state index contributed by atoms with van der Waals surface area (Å²) in [6.45, 7) is 4.71. The van der Waals surface area contributed by atoms with Gasteiger partial charge in [0.1, 0.15) is 19.0 Å². The Hall–Kier alpha value is -1.51. The largest absolute Gasteiger partial charge is 0.486 e. The predicted octanol–water partition coefficient (Wildman–Crippen LogP) is 1.90. The van der Waals surface area contributed by atoms with Gasteiger partial charge in [-0.25, -0.2) is 0 Å². The number of hydrogen-bond acceptors (Lipinski definition) is 3. The van der Waals surface area contributed by atoms with E-state index >= 15 is 0 Å². The third-order valence-corrected chi connectivity index (χ3v) is 2.30. The van der Waals surface area contributed by atoms with E-state index in [0.717, 1.165) is 22.6 Å². The fourth-order valence-corrected chi connectivity index (χ4v) is 1.78. The molecular weight excluding hydrogens is 192 g/mol. The van der Waals surface area contributed by atoms with Gasteiger partial charge >= 0.3 is 0 Å². The molecule has 1 aliphatic heterocycles. The maximum atomic E-state index is 11.1. The molecule has 15 heavy (non-hydrogen) atoms. The van der Waals surface area contributed by atoms with Crippen molar-refractivity contribution in [2.45, 2.75) is 20.3 Å². The van der Waals surface area contributed by atoms with Gasteiger partial charge in [-0.3, -0.25) is 4.79 Å². The molecule has 0 aromatic heterocycles. The van der Waals surface area contributed by atoms with Crippen LogP contribution < -0.4 is 9.47 Å². The van der Waals surface area contributed by atoms with E-state index in [9.17, 15) is 4.79 Å². The molecular formula is C12H14O3. The van der Waals surface area contributed by atoms with Crippen LogP contribution in [0.5, 0.6) is 11.5 Å². The van der Waals surface area contributed by atoms with Crippen molar-refractivity contribution in [3.8, 4) is 11.5 Å². The van der Waals surface area contributed by atoms with Crippen LogP contribution in [-0.4, -0.2) is 19.0 Å². The fraction of sp³-hybridized carbons (Fsp3) is 0.417. The Morgan fingerprint density at radius 1 is 1.33 bits per heavy atom. The summed E-state index contributed by atoms with van der Waals surface area (Å²) in [6, 6.07) is 3.92. The third-order valence-electron chi connectivity index (χ3n) is 2.30. The van der Waals surface area contributed by atoms with Gasteiger partial charge < -0.3 is 9.47 Å². The second-order valence-corrected chi connectivity index (χ2v) is 3.83. The zero-order valence-corrected chi connectivity index (χ0v) is 9.00. The van der Waals surface area contributed by atoms with Crippen molar-refractivity contribution in [1.29, 1.82) is 0 Å². The highest BCUT2D eigenvalue weighted by atomic mass is 16.6. The minimum atomic E-state index is 0.136. The normalized spacial score (nSPS) is 13.7. The van der Waals surface area contributed by atoms with Crippen molar-refractivity contribution in [2.75, 3.05) is 13.2 Å². The maximum absolute atomic E-state index is 11.1. The first kappa shape index (κ1) is 10.0. The van der Waals surface area contributed by atoms with E-state index in [0.29, 0.717) is 19.6 Å². The Bertz CT molecular complexity index is 396. The molecule has 1 aromatic carbocycles. The highest BCUT2D eigenvalue weighted by Crippen LogP contribution is 2.35. The number of carbonyl (C=O) groups excluding carboxylic acids is 1. The van der Waals surface area contributed by atoms with Crippen molar-refractivity contribution in [3.05, 3.63) is 23.3 Å². The van der Waals surface area contributed by atoms with Crippen LogP contribution in [0.4, 0.5) is 0 Å². The molecule has 0 amide bonds. The summed E-state index contributed by atoms with van der Waals surface area (Å²) in [5, 5.41) is 0. The van der Waals surface area contributed by atoms with Crippen molar-refractivity contribution in [2.24, 2.45) is 0 Å². The Balaban J connectivity index is 2.43. The minimum Gasteiger partial charge on any atom is -0.486 e. The average molecular weight is 206 g/mol. The van der Waals surface area contributed by atoms with E-state index in [-0.39, 0.29) is 5.78 Å². The van der Waals surface area contributed by atoms with Crippen LogP contribution in [0.3, 0.4) is 0 Å². The SMILES string of the molecule is CC(=O)Cc1cc(C)cc2c1OCCO2. The lowest BCUT2D eigenvalue weighted by Crippen LogP contribution is -2.17. The Morgan fingerprint density at radius 3 is 2.80 bits per heavy atom. The number of aryl methyl sites for hydroxylation is 1. The van der Waals surface area contributed by atoms with Crippen LogP contribution >= 0.6 is 0 Å². The van der Waals surface area contributed by atoms with Gasteiger partial charge in [-0.15, -0.1) is 0 Å². The molecule has 0 aliphatic carbocycles. The molecule has 0 bridgehead atoms. The average Bonchev–Trinajstić information content (AvgIpc) is 2.16. The first-order valence-electron chi connectivity index (χ1n) is 5.05. The zero-order valence-electron chi connectivity index (χ0n) is 9.00. The standard InChI is InChI=1S/C12H14O3/c1-8-5-10(7-9(2)13)12-11(6-8)14-3-4-15-12/h5-6H,3-4,7H2,1-2H3. The molecule has 0 spiro atoms. The van der Waals surface area contributed by atoms with E-state index in [1.165, 1.54) is 0 Å². The molecule has 0 N–H and O–H groups in total. The number of ketones is 1. The number of fused-ring (bicyclic) bond motifs is 1. The van der Waals surface area contributed by atoms with Crippen molar-refractivity contribution < 1.29 is 14.3 Å². The first-order chi connectivity index (χ1) is 7.16. The number of hydrogen-bond donors (Lipinski definition) is 0. The van der Waals surface area contributed by atoms with E-state index in [1.807, 2.05) is 19.1 Å². The van der Waals surface area contributed by atoms with Crippen molar-refractivity contribution >= 4 is 5.78 Å². The summed E-state index contributed by atoms with van der Waals surface area (Å²) in [6.07, 6.45) is 0.410. The summed E-state index contributed by atoms with van der Waals surface area (Å²) in [7, 11) is 0. The first-order valence-corrected chi connectivity index (χ1v) is 5.05. The maximum Gasteiger partial charge on any atom is 0.165 e. The minimum absolute atomic E-state index is 0.136. The lowest BCUT2D eigenvalue weighted by molar-refractivity contribution is -0.116. The predicted molar refractivity (Wildman–Crippen MR) is 56.6 cm³/mol. The smallest absolute Gasteiger partial charge is 0.165 e. The van der Waals surface area contributed by atoms with Crippen LogP contribution in [0.15, 0.2) is 12.1 Å². The van der Waals surface area contributed by atoms with Crippen LogP contribution in [0.2, 0.25) is 0 Å². The van der Waals surface area contributed by atoms with E-state index in [2.05, 4.69) is 0 Å². The molecule has 0 radical (unpaired) electrons. The van der Waals surface area contributed by atoms with Crippen molar-refractivity contribution in [3.63, 3.8) is 0 Å². The molecule has 0 fully saturated rings. The van der Waals surface area contributed by atoms with Gasteiger partial charge in [-0.2, -0.15) is 0 Å². The Morgan fingerprint density at radius 2 is 2.07 bits per heavy atom. The lowest BCUT2D eigenvalue weighted by Gasteiger charge is -2.21. The van der Waals surface area contributed by atoms with Gasteiger partial charge in [0.15, 0.2) is 11.5 Å². The van der Waals surface area contributed by atoms with Gasteiger partial charge in [0, 0.05) is 12.0 Å². The second-order valence-electron chi connectivity index (χ2n) is 3.83. The number of rotatable bonds is 2. The molecule has 0 atom stereocenters. The second kappa shape index (κ2) is 3.93.